The molecule has 1 fully saturated rings. The van der Waals surface area contributed by atoms with Gasteiger partial charge in [-0.3, -0.25) is 4.98 Å². The molecular formula is C27H32N4O2. The average Bonchev–Trinajstić information content (AvgIpc) is 2.83. The minimum Gasteiger partial charge on any atom is -0.449 e. The lowest BCUT2D eigenvalue weighted by molar-refractivity contribution is 0.113. The fourth-order valence-corrected chi connectivity index (χ4v) is 4.00. The number of carbonyl (C=O) groups is 1. The average molecular weight is 445 g/mol. The Morgan fingerprint density at radius 2 is 1.55 bits per heavy atom. The predicted molar refractivity (Wildman–Crippen MR) is 132 cm³/mol. The topological polar surface area (TPSA) is 67.3 Å². The third kappa shape index (κ3) is 6.09. The van der Waals surface area contributed by atoms with Crippen LogP contribution in [-0.4, -0.2) is 41.3 Å². The first-order chi connectivity index (χ1) is 15.9. The molecule has 6 heteroatoms. The summed E-state index contributed by atoms with van der Waals surface area (Å²) in [5, 5.41) is 2.84. The van der Waals surface area contributed by atoms with Crippen LogP contribution in [0.3, 0.4) is 0 Å². The van der Waals surface area contributed by atoms with E-state index >= 15 is 0 Å². The van der Waals surface area contributed by atoms with E-state index in [0.29, 0.717) is 12.5 Å². The lowest BCUT2D eigenvalue weighted by atomic mass is 9.98. The van der Waals surface area contributed by atoms with Crippen LogP contribution in [0.1, 0.15) is 33.6 Å². The van der Waals surface area contributed by atoms with Crippen molar-refractivity contribution in [1.29, 1.82) is 0 Å². The summed E-state index contributed by atoms with van der Waals surface area (Å²) in [7, 11) is 0. The summed E-state index contributed by atoms with van der Waals surface area (Å²) >= 11 is 0. The number of benzene rings is 2. The number of aromatic nitrogens is 2. The van der Waals surface area contributed by atoms with Crippen molar-refractivity contribution in [2.45, 2.75) is 39.2 Å². The number of amides is 1. The van der Waals surface area contributed by atoms with Gasteiger partial charge < -0.3 is 15.0 Å². The number of nitrogens with one attached hydrogen (secondary N) is 1. The molecule has 3 aromatic rings. The van der Waals surface area contributed by atoms with Gasteiger partial charge in [-0.1, -0.05) is 60.7 Å². The molecule has 4 rings (SSSR count). The third-order valence-electron chi connectivity index (χ3n) is 5.72. The van der Waals surface area contributed by atoms with E-state index in [0.717, 1.165) is 54.3 Å². The van der Waals surface area contributed by atoms with Gasteiger partial charge in [-0.2, -0.15) is 0 Å². The standard InChI is InChI=1S/C27H32N4O2/c1-27(2,3)30-26(32)33-19-20-14-16-31(17-15-20)23-18-28-24(21-10-6-4-7-11-21)25(29-23)22-12-8-5-9-13-22/h4-13,18,20H,14-17,19H2,1-3H3,(H,30,32). The summed E-state index contributed by atoms with van der Waals surface area (Å²) in [6.07, 6.45) is 3.43. The van der Waals surface area contributed by atoms with Gasteiger partial charge in [0.15, 0.2) is 0 Å². The van der Waals surface area contributed by atoms with Gasteiger partial charge in [-0.15, -0.1) is 0 Å². The van der Waals surface area contributed by atoms with Gasteiger partial charge in [0.1, 0.15) is 5.82 Å². The first kappa shape index (κ1) is 22.8. The molecule has 0 saturated carbocycles. The Kier molecular flexibility index (Phi) is 6.92. The molecule has 1 saturated heterocycles. The van der Waals surface area contributed by atoms with Crippen LogP contribution < -0.4 is 10.2 Å². The molecule has 1 aliphatic heterocycles. The van der Waals surface area contributed by atoms with E-state index in [4.69, 9.17) is 14.7 Å². The highest BCUT2D eigenvalue weighted by atomic mass is 16.5. The SMILES string of the molecule is CC(C)(C)NC(=O)OCC1CCN(c2cnc(-c3ccccc3)c(-c3ccccc3)n2)CC1. The summed E-state index contributed by atoms with van der Waals surface area (Å²) in [6.45, 7) is 8.01. The zero-order valence-corrected chi connectivity index (χ0v) is 19.6. The van der Waals surface area contributed by atoms with Gasteiger partial charge in [-0.25, -0.2) is 9.78 Å². The zero-order chi connectivity index (χ0) is 23.3. The molecular weight excluding hydrogens is 412 g/mol. The molecule has 1 amide bonds. The number of alkyl carbamates (subject to hydrolysis) is 1. The Morgan fingerprint density at radius 3 is 2.12 bits per heavy atom. The molecule has 0 bridgehead atoms. The maximum absolute atomic E-state index is 11.9. The Bertz CT molecular complexity index is 1060. The Hall–Kier alpha value is -3.41. The van der Waals surface area contributed by atoms with Crippen molar-refractivity contribution in [3.63, 3.8) is 0 Å². The second kappa shape index (κ2) is 10.0. The van der Waals surface area contributed by atoms with Crippen molar-refractivity contribution in [3.8, 4) is 22.5 Å². The fraction of sp³-hybridized carbons (Fsp3) is 0.370. The molecule has 2 heterocycles. The van der Waals surface area contributed by atoms with E-state index in [1.807, 2.05) is 63.4 Å². The maximum atomic E-state index is 11.9. The Labute approximate surface area is 196 Å². The first-order valence-corrected chi connectivity index (χ1v) is 11.6. The van der Waals surface area contributed by atoms with E-state index in [1.54, 1.807) is 0 Å². The van der Waals surface area contributed by atoms with Crippen LogP contribution in [0.4, 0.5) is 10.6 Å². The van der Waals surface area contributed by atoms with Gasteiger partial charge in [0.25, 0.3) is 0 Å². The lowest BCUT2D eigenvalue weighted by Gasteiger charge is -2.33. The van der Waals surface area contributed by atoms with E-state index in [9.17, 15) is 4.79 Å². The molecule has 0 radical (unpaired) electrons. The molecule has 33 heavy (non-hydrogen) atoms. The van der Waals surface area contributed by atoms with Crippen LogP contribution >= 0.6 is 0 Å². The minimum absolute atomic E-state index is 0.290. The van der Waals surface area contributed by atoms with Crippen LogP contribution in [-0.2, 0) is 4.74 Å². The Morgan fingerprint density at radius 1 is 0.970 bits per heavy atom. The largest absolute Gasteiger partial charge is 0.449 e. The minimum atomic E-state index is -0.347. The van der Waals surface area contributed by atoms with Crippen molar-refractivity contribution in [3.05, 3.63) is 66.9 Å². The second-order valence-corrected chi connectivity index (χ2v) is 9.56. The van der Waals surface area contributed by atoms with Crippen molar-refractivity contribution in [2.24, 2.45) is 5.92 Å². The highest BCUT2D eigenvalue weighted by molar-refractivity contribution is 5.78. The normalized spacial score (nSPS) is 14.7. The predicted octanol–water partition coefficient (Wildman–Crippen LogP) is 5.55. The first-order valence-electron chi connectivity index (χ1n) is 11.6. The molecule has 0 atom stereocenters. The molecule has 172 valence electrons. The molecule has 1 aliphatic rings. The number of hydrogen-bond donors (Lipinski definition) is 1. The van der Waals surface area contributed by atoms with E-state index in [-0.39, 0.29) is 11.6 Å². The summed E-state index contributed by atoms with van der Waals surface area (Å²) in [6, 6.07) is 20.4. The molecule has 6 nitrogen and oxygen atoms in total. The van der Waals surface area contributed by atoms with Crippen molar-refractivity contribution < 1.29 is 9.53 Å². The van der Waals surface area contributed by atoms with Crippen LogP contribution in [0.15, 0.2) is 66.9 Å². The molecule has 1 aromatic heterocycles. The Balaban J connectivity index is 1.45. The number of carbonyl (C=O) groups excluding carboxylic acids is 1. The summed E-state index contributed by atoms with van der Waals surface area (Å²) in [5.41, 5.74) is 3.60. The third-order valence-corrected chi connectivity index (χ3v) is 5.72. The second-order valence-electron chi connectivity index (χ2n) is 9.56. The molecule has 0 spiro atoms. The van der Waals surface area contributed by atoms with E-state index in [2.05, 4.69) is 34.5 Å². The summed E-state index contributed by atoms with van der Waals surface area (Å²) < 4.78 is 5.44. The fourth-order valence-electron chi connectivity index (χ4n) is 4.00. The number of nitrogens with zero attached hydrogens (tertiary/aromatic N) is 3. The number of anilines is 1. The number of hydrogen-bond acceptors (Lipinski definition) is 5. The highest BCUT2D eigenvalue weighted by Crippen LogP contribution is 2.31. The van der Waals surface area contributed by atoms with E-state index in [1.165, 1.54) is 0 Å². The molecule has 0 unspecified atom stereocenters. The van der Waals surface area contributed by atoms with Crippen LogP contribution in [0, 0.1) is 5.92 Å². The quantitative estimate of drug-likeness (QED) is 0.559. The number of rotatable bonds is 5. The summed E-state index contributed by atoms with van der Waals surface area (Å²) in [4.78, 5) is 24.1. The van der Waals surface area contributed by atoms with Crippen molar-refractivity contribution in [2.75, 3.05) is 24.6 Å². The summed E-state index contributed by atoms with van der Waals surface area (Å²) in [5.74, 6) is 1.25. The van der Waals surface area contributed by atoms with Gasteiger partial charge in [0, 0.05) is 29.8 Å². The van der Waals surface area contributed by atoms with Crippen molar-refractivity contribution in [1.82, 2.24) is 15.3 Å². The van der Waals surface area contributed by atoms with Crippen LogP contribution in [0.2, 0.25) is 0 Å². The zero-order valence-electron chi connectivity index (χ0n) is 19.6. The van der Waals surface area contributed by atoms with Crippen LogP contribution in [0.5, 0.6) is 0 Å². The molecule has 2 aromatic carbocycles. The van der Waals surface area contributed by atoms with Gasteiger partial charge >= 0.3 is 6.09 Å². The maximum Gasteiger partial charge on any atom is 0.407 e. The smallest absolute Gasteiger partial charge is 0.407 e. The van der Waals surface area contributed by atoms with Gasteiger partial charge in [-0.05, 0) is 39.5 Å². The molecule has 1 N–H and O–H groups in total. The highest BCUT2D eigenvalue weighted by Gasteiger charge is 2.24. The number of piperidine rings is 1. The van der Waals surface area contributed by atoms with Crippen molar-refractivity contribution >= 4 is 11.9 Å². The number of ether oxygens (including phenoxy) is 1. The van der Waals surface area contributed by atoms with Gasteiger partial charge in [0.2, 0.25) is 0 Å². The van der Waals surface area contributed by atoms with Crippen LogP contribution in [0.25, 0.3) is 22.5 Å². The monoisotopic (exact) mass is 444 g/mol. The lowest BCUT2D eigenvalue weighted by Crippen LogP contribution is -2.42. The van der Waals surface area contributed by atoms with Gasteiger partial charge in [0.05, 0.1) is 24.2 Å². The molecule has 0 aliphatic carbocycles. The van der Waals surface area contributed by atoms with E-state index < -0.39 is 0 Å².